The molecule has 0 aromatic heterocycles. The molecule has 0 radical (unpaired) electrons. The molecule has 6 heteroatoms. The van der Waals surface area contributed by atoms with Gasteiger partial charge in [-0.3, -0.25) is 4.90 Å². The van der Waals surface area contributed by atoms with Gasteiger partial charge in [-0.1, -0.05) is 41.4 Å². The van der Waals surface area contributed by atoms with Crippen molar-refractivity contribution in [2.45, 2.75) is 6.04 Å². The Hall–Kier alpha value is 0.0400. The van der Waals surface area contributed by atoms with Gasteiger partial charge >= 0.3 is 0 Å². The molecule has 19 heavy (non-hydrogen) atoms. The fraction of sp³-hybridized carbons (Fsp3) is 0.385. The molecule has 1 aromatic carbocycles. The lowest BCUT2D eigenvalue weighted by Gasteiger charge is -2.33. The fourth-order valence-corrected chi connectivity index (χ4v) is 2.60. The SMILES string of the molecule is C=C[C@@H](c1cccc(Cl)c1Cl)N1CCNCC1.Cl.Cl. The third-order valence-electron chi connectivity index (χ3n) is 3.07. The number of rotatable bonds is 3. The van der Waals surface area contributed by atoms with E-state index in [9.17, 15) is 0 Å². The molecule has 1 heterocycles. The maximum atomic E-state index is 6.26. The van der Waals surface area contributed by atoms with E-state index in [0.29, 0.717) is 10.0 Å². The number of piperazine rings is 1. The summed E-state index contributed by atoms with van der Waals surface area (Å²) >= 11 is 12.3. The fourth-order valence-electron chi connectivity index (χ4n) is 2.18. The van der Waals surface area contributed by atoms with Crippen molar-refractivity contribution >= 4 is 48.0 Å². The van der Waals surface area contributed by atoms with Crippen molar-refractivity contribution in [3.8, 4) is 0 Å². The number of hydrogen-bond donors (Lipinski definition) is 1. The minimum Gasteiger partial charge on any atom is -0.314 e. The van der Waals surface area contributed by atoms with E-state index in [4.69, 9.17) is 23.2 Å². The first kappa shape index (κ1) is 19.0. The van der Waals surface area contributed by atoms with E-state index in [-0.39, 0.29) is 30.9 Å². The number of halogens is 4. The molecular formula is C13H18Cl4N2. The molecule has 0 bridgehead atoms. The molecule has 1 N–H and O–H groups in total. The summed E-state index contributed by atoms with van der Waals surface area (Å²) in [7, 11) is 0. The van der Waals surface area contributed by atoms with Gasteiger partial charge in [-0.2, -0.15) is 0 Å². The van der Waals surface area contributed by atoms with Crippen molar-refractivity contribution in [1.82, 2.24) is 10.2 Å². The highest BCUT2D eigenvalue weighted by Crippen LogP contribution is 2.33. The minimum absolute atomic E-state index is 0. The Morgan fingerprint density at radius 1 is 1.21 bits per heavy atom. The normalized spacial score (nSPS) is 16.9. The molecule has 0 amide bonds. The number of nitrogens with zero attached hydrogens (tertiary/aromatic N) is 1. The number of hydrogen-bond acceptors (Lipinski definition) is 2. The third kappa shape index (κ3) is 4.52. The molecule has 0 saturated carbocycles. The van der Waals surface area contributed by atoms with Gasteiger partial charge in [0.2, 0.25) is 0 Å². The van der Waals surface area contributed by atoms with E-state index in [2.05, 4.69) is 16.8 Å². The summed E-state index contributed by atoms with van der Waals surface area (Å²) in [6, 6.07) is 5.90. The lowest BCUT2D eigenvalue weighted by Crippen LogP contribution is -2.44. The summed E-state index contributed by atoms with van der Waals surface area (Å²) in [6.45, 7) is 7.92. The van der Waals surface area contributed by atoms with Crippen molar-refractivity contribution in [1.29, 1.82) is 0 Å². The van der Waals surface area contributed by atoms with E-state index in [1.54, 1.807) is 0 Å². The van der Waals surface area contributed by atoms with Crippen LogP contribution in [0, 0.1) is 0 Å². The van der Waals surface area contributed by atoms with Gasteiger partial charge in [-0.05, 0) is 11.6 Å². The van der Waals surface area contributed by atoms with Crippen LogP contribution in [0.2, 0.25) is 10.0 Å². The van der Waals surface area contributed by atoms with Crippen LogP contribution in [0.4, 0.5) is 0 Å². The largest absolute Gasteiger partial charge is 0.314 e. The van der Waals surface area contributed by atoms with Gasteiger partial charge in [0, 0.05) is 26.2 Å². The van der Waals surface area contributed by atoms with Crippen molar-refractivity contribution in [2.75, 3.05) is 26.2 Å². The third-order valence-corrected chi connectivity index (χ3v) is 3.90. The Balaban J connectivity index is 0.00000162. The summed E-state index contributed by atoms with van der Waals surface area (Å²) < 4.78 is 0. The van der Waals surface area contributed by atoms with E-state index >= 15 is 0 Å². The van der Waals surface area contributed by atoms with Crippen LogP contribution in [0.3, 0.4) is 0 Å². The Morgan fingerprint density at radius 3 is 2.42 bits per heavy atom. The minimum atomic E-state index is 0. The van der Waals surface area contributed by atoms with Gasteiger partial charge < -0.3 is 5.32 Å². The lowest BCUT2D eigenvalue weighted by atomic mass is 10.0. The highest BCUT2D eigenvalue weighted by molar-refractivity contribution is 6.42. The predicted octanol–water partition coefficient (Wildman–Crippen LogP) is 3.97. The summed E-state index contributed by atoms with van der Waals surface area (Å²) in [5.74, 6) is 0. The molecule has 108 valence electrons. The zero-order valence-electron chi connectivity index (χ0n) is 10.4. The Bertz CT molecular complexity index is 406. The second kappa shape index (κ2) is 9.06. The highest BCUT2D eigenvalue weighted by atomic mass is 35.5. The van der Waals surface area contributed by atoms with Gasteiger partial charge in [0.25, 0.3) is 0 Å². The van der Waals surface area contributed by atoms with Crippen molar-refractivity contribution in [3.05, 3.63) is 46.5 Å². The van der Waals surface area contributed by atoms with Gasteiger partial charge in [-0.25, -0.2) is 0 Å². The van der Waals surface area contributed by atoms with Crippen LogP contribution >= 0.6 is 48.0 Å². The smallest absolute Gasteiger partial charge is 0.0643 e. The average Bonchev–Trinajstić information content (AvgIpc) is 2.37. The van der Waals surface area contributed by atoms with E-state index < -0.39 is 0 Å². The molecule has 1 aliphatic rings. The van der Waals surface area contributed by atoms with Crippen LogP contribution in [0.5, 0.6) is 0 Å². The number of nitrogens with one attached hydrogen (secondary N) is 1. The molecule has 1 fully saturated rings. The Kier molecular flexibility index (Phi) is 9.08. The summed E-state index contributed by atoms with van der Waals surface area (Å²) in [5.41, 5.74) is 1.04. The zero-order valence-corrected chi connectivity index (χ0v) is 13.6. The molecule has 0 aliphatic carbocycles. The van der Waals surface area contributed by atoms with Gasteiger partial charge in [0.05, 0.1) is 16.1 Å². The van der Waals surface area contributed by atoms with Crippen LogP contribution in [0.1, 0.15) is 11.6 Å². The maximum absolute atomic E-state index is 6.26. The maximum Gasteiger partial charge on any atom is 0.0643 e. The van der Waals surface area contributed by atoms with Gasteiger partial charge in [-0.15, -0.1) is 31.4 Å². The first-order valence-corrected chi connectivity index (χ1v) is 6.51. The molecule has 1 aliphatic heterocycles. The van der Waals surface area contributed by atoms with Gasteiger partial charge in [0.1, 0.15) is 0 Å². The van der Waals surface area contributed by atoms with Crippen LogP contribution in [-0.2, 0) is 0 Å². The first-order chi connectivity index (χ1) is 8.24. The van der Waals surface area contributed by atoms with Gasteiger partial charge in [0.15, 0.2) is 0 Å². The van der Waals surface area contributed by atoms with E-state index in [0.717, 1.165) is 31.7 Å². The molecule has 2 nitrogen and oxygen atoms in total. The molecule has 2 rings (SSSR count). The Labute approximate surface area is 137 Å². The molecule has 1 atom stereocenters. The monoisotopic (exact) mass is 342 g/mol. The van der Waals surface area contributed by atoms with E-state index in [1.807, 2.05) is 24.3 Å². The highest BCUT2D eigenvalue weighted by Gasteiger charge is 2.21. The van der Waals surface area contributed by atoms with Crippen LogP contribution in [0.25, 0.3) is 0 Å². The molecule has 1 aromatic rings. The van der Waals surface area contributed by atoms with Crippen LogP contribution in [0.15, 0.2) is 30.9 Å². The lowest BCUT2D eigenvalue weighted by molar-refractivity contribution is 0.203. The second-order valence-corrected chi connectivity index (χ2v) is 4.89. The summed E-state index contributed by atoms with van der Waals surface area (Å²) in [5, 5.41) is 4.58. The summed E-state index contributed by atoms with van der Waals surface area (Å²) in [6.07, 6.45) is 1.93. The van der Waals surface area contributed by atoms with Crippen molar-refractivity contribution in [3.63, 3.8) is 0 Å². The van der Waals surface area contributed by atoms with Crippen LogP contribution in [-0.4, -0.2) is 31.1 Å². The first-order valence-electron chi connectivity index (χ1n) is 5.75. The van der Waals surface area contributed by atoms with Crippen LogP contribution < -0.4 is 5.32 Å². The van der Waals surface area contributed by atoms with Crippen molar-refractivity contribution < 1.29 is 0 Å². The molecule has 0 unspecified atom stereocenters. The standard InChI is InChI=1S/C13H16Cl2N2.2ClH/c1-2-12(17-8-6-16-7-9-17)10-4-3-5-11(14)13(10)15;;/h2-5,12,16H,1,6-9H2;2*1H/t12-;;/m0../s1. The summed E-state index contributed by atoms with van der Waals surface area (Å²) in [4.78, 5) is 2.36. The molecule has 0 spiro atoms. The average molecular weight is 344 g/mol. The quantitative estimate of drug-likeness (QED) is 0.835. The number of benzene rings is 1. The second-order valence-electron chi connectivity index (χ2n) is 4.11. The Morgan fingerprint density at radius 2 is 1.84 bits per heavy atom. The zero-order chi connectivity index (χ0) is 12.3. The predicted molar refractivity (Wildman–Crippen MR) is 88.3 cm³/mol. The molecular weight excluding hydrogens is 326 g/mol. The van der Waals surface area contributed by atoms with Crippen molar-refractivity contribution in [2.24, 2.45) is 0 Å². The molecule has 1 saturated heterocycles. The van der Waals surface area contributed by atoms with E-state index in [1.165, 1.54) is 0 Å². The topological polar surface area (TPSA) is 15.3 Å².